The van der Waals surface area contributed by atoms with E-state index in [0.29, 0.717) is 38.0 Å². The SMILES string of the molecule is O=c1[nH]cccc1-c1nc2cc(Cl)c(Cl)cc2n1Cc1ccccc1F. The molecule has 0 saturated heterocycles. The van der Waals surface area contributed by atoms with Crippen LogP contribution in [-0.2, 0) is 6.54 Å². The Bertz CT molecular complexity index is 1180. The Hall–Kier alpha value is -2.63. The highest BCUT2D eigenvalue weighted by Crippen LogP contribution is 2.31. The second kappa shape index (κ2) is 6.59. The number of fused-ring (bicyclic) bond motifs is 1. The van der Waals surface area contributed by atoms with Crippen LogP contribution in [0.15, 0.2) is 59.5 Å². The summed E-state index contributed by atoms with van der Waals surface area (Å²) in [5.41, 5.74) is 1.82. The summed E-state index contributed by atoms with van der Waals surface area (Å²) in [7, 11) is 0. The van der Waals surface area contributed by atoms with E-state index in [1.807, 2.05) is 0 Å². The van der Waals surface area contributed by atoms with E-state index in [-0.39, 0.29) is 17.9 Å². The Balaban J connectivity index is 2.00. The minimum Gasteiger partial charge on any atom is -0.328 e. The Morgan fingerprint density at radius 2 is 1.85 bits per heavy atom. The topological polar surface area (TPSA) is 50.7 Å². The number of hydrogen-bond acceptors (Lipinski definition) is 2. The van der Waals surface area contributed by atoms with Crippen molar-refractivity contribution in [2.24, 2.45) is 0 Å². The molecule has 0 amide bonds. The van der Waals surface area contributed by atoms with Crippen LogP contribution in [-0.4, -0.2) is 14.5 Å². The first-order valence-corrected chi connectivity index (χ1v) is 8.57. The van der Waals surface area contributed by atoms with E-state index in [1.165, 1.54) is 6.07 Å². The summed E-state index contributed by atoms with van der Waals surface area (Å²) < 4.78 is 16.0. The van der Waals surface area contributed by atoms with E-state index in [9.17, 15) is 9.18 Å². The summed E-state index contributed by atoms with van der Waals surface area (Å²) in [5.74, 6) is 0.0887. The summed E-state index contributed by atoms with van der Waals surface area (Å²) in [4.78, 5) is 19.4. The minimum absolute atomic E-state index is 0.199. The van der Waals surface area contributed by atoms with Gasteiger partial charge in [0.1, 0.15) is 11.6 Å². The van der Waals surface area contributed by atoms with Crippen LogP contribution < -0.4 is 5.56 Å². The highest BCUT2D eigenvalue weighted by molar-refractivity contribution is 6.42. The number of nitrogens with one attached hydrogen (secondary N) is 1. The van der Waals surface area contributed by atoms with Gasteiger partial charge in [0.2, 0.25) is 0 Å². The summed E-state index contributed by atoms with van der Waals surface area (Å²) in [6.07, 6.45) is 1.55. The lowest BCUT2D eigenvalue weighted by Gasteiger charge is -2.10. The zero-order valence-corrected chi connectivity index (χ0v) is 14.9. The molecule has 0 aliphatic carbocycles. The van der Waals surface area contributed by atoms with Crippen LogP contribution in [0.1, 0.15) is 5.56 Å². The fourth-order valence-electron chi connectivity index (χ4n) is 2.88. The molecule has 2 aromatic carbocycles. The molecule has 0 spiro atoms. The summed E-state index contributed by atoms with van der Waals surface area (Å²) in [6, 6.07) is 13.2. The Morgan fingerprint density at radius 1 is 1.08 bits per heavy atom. The second-order valence-corrected chi connectivity index (χ2v) is 6.60. The van der Waals surface area contributed by atoms with Crippen LogP contribution in [0, 0.1) is 5.82 Å². The fourth-order valence-corrected chi connectivity index (χ4v) is 3.20. The van der Waals surface area contributed by atoms with E-state index in [1.54, 1.807) is 53.2 Å². The molecule has 4 rings (SSSR count). The van der Waals surface area contributed by atoms with Gasteiger partial charge in [-0.15, -0.1) is 0 Å². The lowest BCUT2D eigenvalue weighted by Crippen LogP contribution is -2.12. The molecule has 0 saturated carbocycles. The van der Waals surface area contributed by atoms with Crippen molar-refractivity contribution in [3.63, 3.8) is 0 Å². The van der Waals surface area contributed by atoms with Gasteiger partial charge in [-0.1, -0.05) is 41.4 Å². The van der Waals surface area contributed by atoms with E-state index < -0.39 is 0 Å². The largest absolute Gasteiger partial charge is 0.328 e. The van der Waals surface area contributed by atoms with Gasteiger partial charge in [0, 0.05) is 11.8 Å². The number of pyridine rings is 1. The van der Waals surface area contributed by atoms with Crippen molar-refractivity contribution in [1.82, 2.24) is 14.5 Å². The maximum absolute atomic E-state index is 14.2. The number of rotatable bonds is 3. The van der Waals surface area contributed by atoms with Crippen molar-refractivity contribution < 1.29 is 4.39 Å². The predicted octanol–water partition coefficient (Wildman–Crippen LogP) is 4.89. The molecular weight excluding hydrogens is 376 g/mol. The normalized spacial score (nSPS) is 11.2. The Morgan fingerprint density at radius 3 is 2.62 bits per heavy atom. The molecule has 2 aromatic heterocycles. The zero-order chi connectivity index (χ0) is 18.3. The van der Waals surface area contributed by atoms with Gasteiger partial charge < -0.3 is 9.55 Å². The second-order valence-electron chi connectivity index (χ2n) is 5.78. The van der Waals surface area contributed by atoms with E-state index >= 15 is 0 Å². The number of aromatic amines is 1. The first kappa shape index (κ1) is 16.8. The fraction of sp³-hybridized carbons (Fsp3) is 0.0526. The van der Waals surface area contributed by atoms with Gasteiger partial charge in [-0.2, -0.15) is 0 Å². The number of imidazole rings is 1. The number of benzene rings is 2. The zero-order valence-electron chi connectivity index (χ0n) is 13.3. The highest BCUT2D eigenvalue weighted by Gasteiger charge is 2.18. The van der Waals surface area contributed by atoms with Crippen molar-refractivity contribution in [3.05, 3.63) is 86.5 Å². The molecule has 0 radical (unpaired) electrons. The molecule has 7 heteroatoms. The van der Waals surface area contributed by atoms with Gasteiger partial charge in [-0.25, -0.2) is 9.37 Å². The monoisotopic (exact) mass is 387 g/mol. The van der Waals surface area contributed by atoms with Crippen LogP contribution >= 0.6 is 23.2 Å². The average molecular weight is 388 g/mol. The number of nitrogens with zero attached hydrogens (tertiary/aromatic N) is 2. The Labute approximate surface area is 157 Å². The lowest BCUT2D eigenvalue weighted by molar-refractivity contribution is 0.602. The summed E-state index contributed by atoms with van der Waals surface area (Å²) in [6.45, 7) is 0.199. The van der Waals surface area contributed by atoms with Crippen LogP contribution in [0.2, 0.25) is 10.0 Å². The average Bonchev–Trinajstić information content (AvgIpc) is 2.95. The lowest BCUT2D eigenvalue weighted by atomic mass is 10.2. The molecule has 26 heavy (non-hydrogen) atoms. The molecule has 0 unspecified atom stereocenters. The van der Waals surface area contributed by atoms with Gasteiger partial charge in [0.05, 0.1) is 33.2 Å². The van der Waals surface area contributed by atoms with Gasteiger partial charge in [-0.05, 0) is 30.3 Å². The smallest absolute Gasteiger partial charge is 0.258 e. The Kier molecular flexibility index (Phi) is 4.26. The van der Waals surface area contributed by atoms with Gasteiger partial charge in [0.15, 0.2) is 0 Å². The molecular formula is C19H12Cl2FN3O. The molecule has 0 aliphatic heterocycles. The minimum atomic E-state index is -0.331. The third-order valence-electron chi connectivity index (χ3n) is 4.14. The predicted molar refractivity (Wildman–Crippen MR) is 101 cm³/mol. The first-order valence-electron chi connectivity index (χ1n) is 7.81. The summed E-state index contributed by atoms with van der Waals surface area (Å²) >= 11 is 12.3. The standard InChI is InChI=1S/C19H12Cl2FN3O/c20-13-8-16-17(9-14(13)21)25(10-11-4-1-2-6-15(11)22)18(24-16)12-5-3-7-23-19(12)26/h1-9H,10H2,(H,23,26). The van der Waals surface area contributed by atoms with Crippen LogP contribution in [0.4, 0.5) is 4.39 Å². The molecule has 0 bridgehead atoms. The summed E-state index contributed by atoms with van der Waals surface area (Å²) in [5, 5.41) is 0.727. The third kappa shape index (κ3) is 2.89. The maximum Gasteiger partial charge on any atom is 0.258 e. The van der Waals surface area contributed by atoms with Crippen molar-refractivity contribution in [2.45, 2.75) is 6.54 Å². The van der Waals surface area contributed by atoms with Crippen LogP contribution in [0.5, 0.6) is 0 Å². The van der Waals surface area contributed by atoms with Crippen molar-refractivity contribution in [3.8, 4) is 11.4 Å². The molecule has 2 heterocycles. The van der Waals surface area contributed by atoms with E-state index in [4.69, 9.17) is 23.2 Å². The maximum atomic E-state index is 14.2. The molecule has 4 nitrogen and oxygen atoms in total. The molecule has 4 aromatic rings. The first-order chi connectivity index (χ1) is 12.5. The quantitative estimate of drug-likeness (QED) is 0.544. The van der Waals surface area contributed by atoms with Crippen molar-refractivity contribution >= 4 is 34.2 Å². The third-order valence-corrected chi connectivity index (χ3v) is 4.86. The van der Waals surface area contributed by atoms with Crippen LogP contribution in [0.25, 0.3) is 22.4 Å². The van der Waals surface area contributed by atoms with Crippen molar-refractivity contribution in [1.29, 1.82) is 0 Å². The molecule has 0 atom stereocenters. The highest BCUT2D eigenvalue weighted by atomic mass is 35.5. The van der Waals surface area contributed by atoms with Gasteiger partial charge >= 0.3 is 0 Å². The molecule has 0 fully saturated rings. The number of aromatic nitrogens is 3. The van der Waals surface area contributed by atoms with Crippen LogP contribution in [0.3, 0.4) is 0 Å². The van der Waals surface area contributed by atoms with Crippen molar-refractivity contribution in [2.75, 3.05) is 0 Å². The van der Waals surface area contributed by atoms with E-state index in [0.717, 1.165) is 0 Å². The van der Waals surface area contributed by atoms with E-state index in [2.05, 4.69) is 9.97 Å². The molecule has 130 valence electrons. The van der Waals surface area contributed by atoms with Gasteiger partial charge in [0.25, 0.3) is 5.56 Å². The van der Waals surface area contributed by atoms with Gasteiger partial charge in [-0.3, -0.25) is 4.79 Å². The number of halogens is 3. The molecule has 1 N–H and O–H groups in total. The molecule has 0 aliphatic rings. The number of H-pyrrole nitrogens is 1. The number of hydrogen-bond donors (Lipinski definition) is 1.